The summed E-state index contributed by atoms with van der Waals surface area (Å²) in [5.41, 5.74) is 8.35. The number of rotatable bonds is 2. The lowest BCUT2D eigenvalue weighted by molar-refractivity contribution is 0.507. The van der Waals surface area contributed by atoms with Gasteiger partial charge in [0.2, 0.25) is 0 Å². The summed E-state index contributed by atoms with van der Waals surface area (Å²) in [6, 6.07) is 8.83. The van der Waals surface area contributed by atoms with E-state index in [1.807, 2.05) is 13.0 Å². The van der Waals surface area contributed by atoms with Crippen molar-refractivity contribution in [2.45, 2.75) is 6.92 Å². The zero-order valence-corrected chi connectivity index (χ0v) is 11.1. The van der Waals surface area contributed by atoms with E-state index in [0.29, 0.717) is 17.2 Å². The van der Waals surface area contributed by atoms with Crippen LogP contribution in [0.15, 0.2) is 36.4 Å². The molecule has 0 saturated carbocycles. The number of anilines is 1. The Morgan fingerprint density at radius 2 is 1.90 bits per heavy atom. The molecule has 0 radical (unpaired) electrons. The summed E-state index contributed by atoms with van der Waals surface area (Å²) in [6.07, 6.45) is 0. The molecule has 0 fully saturated rings. The zero-order chi connectivity index (χ0) is 15.0. The van der Waals surface area contributed by atoms with Gasteiger partial charge in [-0.05, 0) is 41.1 Å². The van der Waals surface area contributed by atoms with Gasteiger partial charge in [0.05, 0.1) is 5.69 Å². The molecule has 0 bridgehead atoms. The van der Waals surface area contributed by atoms with Crippen molar-refractivity contribution in [3.05, 3.63) is 53.6 Å². The maximum atomic E-state index is 13.4. The van der Waals surface area contributed by atoms with Gasteiger partial charge in [0.15, 0.2) is 17.5 Å². The van der Waals surface area contributed by atoms with Gasteiger partial charge in [-0.3, -0.25) is 0 Å². The van der Waals surface area contributed by atoms with E-state index in [4.69, 9.17) is 5.73 Å². The normalized spacial score (nSPS) is 10.8. The maximum Gasteiger partial charge on any atom is 0.187 e. The fraction of sp³-hybridized carbons (Fsp3) is 0.0714. The Kier molecular flexibility index (Phi) is 3.09. The SMILES string of the molecule is Cc1c(N)cccc1-c1nnnn1-c1ccc(F)c(F)c1. The number of nitrogens with zero attached hydrogens (tertiary/aromatic N) is 4. The Hall–Kier alpha value is -2.83. The van der Waals surface area contributed by atoms with E-state index in [2.05, 4.69) is 15.5 Å². The van der Waals surface area contributed by atoms with Crippen molar-refractivity contribution in [3.63, 3.8) is 0 Å². The number of halogens is 2. The van der Waals surface area contributed by atoms with Gasteiger partial charge >= 0.3 is 0 Å². The second kappa shape index (κ2) is 4.93. The van der Waals surface area contributed by atoms with E-state index in [-0.39, 0.29) is 0 Å². The van der Waals surface area contributed by atoms with Gasteiger partial charge in [-0.25, -0.2) is 8.78 Å². The van der Waals surface area contributed by atoms with Crippen molar-refractivity contribution in [3.8, 4) is 17.1 Å². The van der Waals surface area contributed by atoms with Gasteiger partial charge in [0.1, 0.15) is 0 Å². The number of tetrazole rings is 1. The summed E-state index contributed by atoms with van der Waals surface area (Å²) >= 11 is 0. The third-order valence-electron chi connectivity index (χ3n) is 3.23. The first-order valence-corrected chi connectivity index (χ1v) is 6.17. The van der Waals surface area contributed by atoms with Crippen LogP contribution in [0.3, 0.4) is 0 Å². The van der Waals surface area contributed by atoms with Crippen LogP contribution in [0.1, 0.15) is 5.56 Å². The lowest BCUT2D eigenvalue weighted by atomic mass is 10.1. The highest BCUT2D eigenvalue weighted by Crippen LogP contribution is 2.26. The van der Waals surface area contributed by atoms with E-state index in [1.54, 1.807) is 12.1 Å². The first-order chi connectivity index (χ1) is 10.1. The summed E-state index contributed by atoms with van der Waals surface area (Å²) in [5.74, 6) is -1.47. The largest absolute Gasteiger partial charge is 0.398 e. The Balaban J connectivity index is 2.17. The fourth-order valence-corrected chi connectivity index (χ4v) is 2.04. The van der Waals surface area contributed by atoms with Crippen LogP contribution in [-0.2, 0) is 0 Å². The number of benzene rings is 2. The molecule has 0 unspecified atom stereocenters. The highest BCUT2D eigenvalue weighted by Gasteiger charge is 2.15. The summed E-state index contributed by atoms with van der Waals surface area (Å²) in [4.78, 5) is 0. The minimum absolute atomic E-state index is 0.329. The number of hydrogen-bond acceptors (Lipinski definition) is 4. The predicted octanol–water partition coefficient (Wildman–Crippen LogP) is 2.50. The van der Waals surface area contributed by atoms with E-state index in [1.165, 1.54) is 10.7 Å². The van der Waals surface area contributed by atoms with E-state index in [9.17, 15) is 8.78 Å². The molecule has 0 amide bonds. The molecule has 0 saturated heterocycles. The summed E-state index contributed by atoms with van der Waals surface area (Å²) in [5, 5.41) is 11.4. The Morgan fingerprint density at radius 1 is 1.10 bits per heavy atom. The minimum Gasteiger partial charge on any atom is -0.398 e. The van der Waals surface area contributed by atoms with Gasteiger partial charge in [0, 0.05) is 17.3 Å². The molecule has 1 aromatic heterocycles. The van der Waals surface area contributed by atoms with Crippen LogP contribution in [0, 0.1) is 18.6 Å². The lowest BCUT2D eigenvalue weighted by Gasteiger charge is -2.09. The third-order valence-corrected chi connectivity index (χ3v) is 3.23. The quantitative estimate of drug-likeness (QED) is 0.735. The van der Waals surface area contributed by atoms with Crippen LogP contribution in [0.2, 0.25) is 0 Å². The number of nitrogen functional groups attached to an aromatic ring is 1. The number of hydrogen-bond donors (Lipinski definition) is 1. The van der Waals surface area contributed by atoms with Crippen LogP contribution in [0.25, 0.3) is 17.1 Å². The predicted molar refractivity (Wildman–Crippen MR) is 73.7 cm³/mol. The topological polar surface area (TPSA) is 69.6 Å². The Labute approximate surface area is 119 Å². The standard InChI is InChI=1S/C14H11F2N5/c1-8-10(3-2-4-13(8)17)14-18-19-20-21(14)9-5-6-11(15)12(16)7-9/h2-7H,17H2,1H3. The van der Waals surface area contributed by atoms with E-state index < -0.39 is 11.6 Å². The fourth-order valence-electron chi connectivity index (χ4n) is 2.04. The average Bonchev–Trinajstić information content (AvgIpc) is 2.94. The molecular formula is C14H11F2N5. The zero-order valence-electron chi connectivity index (χ0n) is 11.1. The molecule has 1 heterocycles. The van der Waals surface area contributed by atoms with Crippen molar-refractivity contribution in [2.75, 3.05) is 5.73 Å². The van der Waals surface area contributed by atoms with Crippen molar-refractivity contribution >= 4 is 5.69 Å². The average molecular weight is 287 g/mol. The second-order valence-electron chi connectivity index (χ2n) is 4.53. The van der Waals surface area contributed by atoms with E-state index >= 15 is 0 Å². The van der Waals surface area contributed by atoms with Gasteiger partial charge in [0.25, 0.3) is 0 Å². The summed E-state index contributed by atoms with van der Waals surface area (Å²) in [7, 11) is 0. The highest BCUT2D eigenvalue weighted by atomic mass is 19.2. The first-order valence-electron chi connectivity index (χ1n) is 6.17. The van der Waals surface area contributed by atoms with Gasteiger partial charge in [-0.15, -0.1) is 5.10 Å². The first kappa shape index (κ1) is 13.2. The van der Waals surface area contributed by atoms with Gasteiger partial charge in [-0.1, -0.05) is 12.1 Å². The van der Waals surface area contributed by atoms with Gasteiger partial charge in [-0.2, -0.15) is 4.68 Å². The molecule has 2 aromatic carbocycles. The molecule has 3 rings (SSSR count). The molecule has 0 aliphatic heterocycles. The van der Waals surface area contributed by atoms with Gasteiger partial charge < -0.3 is 5.73 Å². The van der Waals surface area contributed by atoms with Crippen LogP contribution in [0.4, 0.5) is 14.5 Å². The second-order valence-corrected chi connectivity index (χ2v) is 4.53. The molecule has 106 valence electrons. The highest BCUT2D eigenvalue weighted by molar-refractivity contribution is 5.68. The smallest absolute Gasteiger partial charge is 0.187 e. The Bertz CT molecular complexity index is 813. The lowest BCUT2D eigenvalue weighted by Crippen LogP contribution is -2.03. The van der Waals surface area contributed by atoms with Crippen LogP contribution >= 0.6 is 0 Å². The molecule has 0 aliphatic carbocycles. The maximum absolute atomic E-state index is 13.4. The van der Waals surface area contributed by atoms with Crippen LogP contribution < -0.4 is 5.73 Å². The molecule has 0 atom stereocenters. The van der Waals surface area contributed by atoms with Crippen molar-refractivity contribution < 1.29 is 8.78 Å². The molecular weight excluding hydrogens is 276 g/mol. The molecule has 0 spiro atoms. The van der Waals surface area contributed by atoms with Crippen molar-refractivity contribution in [2.24, 2.45) is 0 Å². The molecule has 5 nitrogen and oxygen atoms in total. The molecule has 0 aliphatic rings. The van der Waals surface area contributed by atoms with Crippen molar-refractivity contribution in [1.82, 2.24) is 20.2 Å². The van der Waals surface area contributed by atoms with Crippen LogP contribution in [-0.4, -0.2) is 20.2 Å². The monoisotopic (exact) mass is 287 g/mol. The molecule has 21 heavy (non-hydrogen) atoms. The molecule has 2 N–H and O–H groups in total. The summed E-state index contributed by atoms with van der Waals surface area (Å²) < 4.78 is 27.7. The Morgan fingerprint density at radius 3 is 2.67 bits per heavy atom. The number of aromatic nitrogens is 4. The molecule has 7 heteroatoms. The van der Waals surface area contributed by atoms with E-state index in [0.717, 1.165) is 23.3 Å². The minimum atomic E-state index is -0.960. The van der Waals surface area contributed by atoms with Crippen molar-refractivity contribution in [1.29, 1.82) is 0 Å². The molecule has 3 aromatic rings. The third kappa shape index (κ3) is 2.22. The van der Waals surface area contributed by atoms with Crippen LogP contribution in [0.5, 0.6) is 0 Å². The summed E-state index contributed by atoms with van der Waals surface area (Å²) in [6.45, 7) is 1.84. The number of nitrogens with two attached hydrogens (primary N) is 1.